The highest BCUT2D eigenvalue weighted by Crippen LogP contribution is 2.45. The lowest BCUT2D eigenvalue weighted by molar-refractivity contribution is 0.0652. The van der Waals surface area contributed by atoms with Crippen LogP contribution in [0.2, 0.25) is 0 Å². The van der Waals surface area contributed by atoms with E-state index >= 15 is 13.2 Å². The van der Waals surface area contributed by atoms with Gasteiger partial charge in [-0.2, -0.15) is 0 Å². The molecular formula is C35H42F3N3O. The molecular weight excluding hydrogens is 535 g/mol. The Morgan fingerprint density at radius 3 is 2.38 bits per heavy atom. The number of nitrogens with zero attached hydrogens (tertiary/aromatic N) is 2. The van der Waals surface area contributed by atoms with E-state index in [1.54, 1.807) is 0 Å². The third-order valence-corrected chi connectivity index (χ3v) is 9.43. The molecule has 0 amide bonds. The summed E-state index contributed by atoms with van der Waals surface area (Å²) in [6, 6.07) is 17.8. The molecule has 0 radical (unpaired) electrons. The Morgan fingerprint density at radius 1 is 0.976 bits per heavy atom. The molecule has 42 heavy (non-hydrogen) atoms. The van der Waals surface area contributed by atoms with Crippen LogP contribution in [-0.2, 0) is 13.0 Å². The van der Waals surface area contributed by atoms with Crippen molar-refractivity contribution in [2.45, 2.75) is 70.8 Å². The molecule has 0 aliphatic carbocycles. The molecule has 2 fully saturated rings. The molecule has 2 atom stereocenters. The van der Waals surface area contributed by atoms with Crippen molar-refractivity contribution in [1.82, 2.24) is 10.2 Å². The molecule has 224 valence electrons. The van der Waals surface area contributed by atoms with Gasteiger partial charge in [0.15, 0.2) is 0 Å². The van der Waals surface area contributed by atoms with Crippen LogP contribution in [0, 0.1) is 17.0 Å². The molecule has 1 N–H and O–H groups in total. The topological polar surface area (TPSA) is 27.7 Å². The molecule has 0 bridgehead atoms. The van der Waals surface area contributed by atoms with Crippen molar-refractivity contribution in [3.8, 4) is 5.75 Å². The van der Waals surface area contributed by atoms with Crippen LogP contribution in [0.25, 0.3) is 0 Å². The number of fused-ring (bicyclic) bond motifs is 1. The number of anilines is 1. The predicted molar refractivity (Wildman–Crippen MR) is 162 cm³/mol. The monoisotopic (exact) mass is 577 g/mol. The predicted octanol–water partition coefficient (Wildman–Crippen LogP) is 7.21. The van der Waals surface area contributed by atoms with E-state index in [4.69, 9.17) is 4.74 Å². The first-order valence-corrected chi connectivity index (χ1v) is 15.3. The number of hydrogen-bond acceptors (Lipinski definition) is 4. The number of rotatable bonds is 7. The van der Waals surface area contributed by atoms with Gasteiger partial charge in [0.25, 0.3) is 0 Å². The van der Waals surface area contributed by atoms with Crippen LogP contribution in [0.4, 0.5) is 18.9 Å². The lowest BCUT2D eigenvalue weighted by atomic mass is 9.78. The van der Waals surface area contributed by atoms with Crippen LogP contribution in [-0.4, -0.2) is 49.3 Å². The van der Waals surface area contributed by atoms with E-state index in [2.05, 4.69) is 10.2 Å². The summed E-state index contributed by atoms with van der Waals surface area (Å²) in [5, 5.41) is 3.42. The molecule has 3 aliphatic heterocycles. The molecule has 3 aromatic carbocycles. The number of hydrogen-bond donors (Lipinski definition) is 1. The van der Waals surface area contributed by atoms with Gasteiger partial charge in [0.2, 0.25) is 0 Å². The maximum absolute atomic E-state index is 16.2. The second-order valence-corrected chi connectivity index (χ2v) is 13.2. The average molecular weight is 578 g/mol. The van der Waals surface area contributed by atoms with Crippen LogP contribution in [0.3, 0.4) is 0 Å². The van der Waals surface area contributed by atoms with Gasteiger partial charge in [-0.15, -0.1) is 0 Å². The first-order chi connectivity index (χ1) is 20.1. The summed E-state index contributed by atoms with van der Waals surface area (Å²) in [5.41, 5.74) is 2.10. The molecule has 1 unspecified atom stereocenters. The van der Waals surface area contributed by atoms with Gasteiger partial charge < -0.3 is 15.0 Å². The third-order valence-electron chi connectivity index (χ3n) is 9.43. The Kier molecular flexibility index (Phi) is 8.01. The quantitative estimate of drug-likeness (QED) is 0.321. The second-order valence-electron chi connectivity index (χ2n) is 13.2. The van der Waals surface area contributed by atoms with Crippen LogP contribution < -0.4 is 15.0 Å². The van der Waals surface area contributed by atoms with Crippen LogP contribution >= 0.6 is 0 Å². The highest BCUT2D eigenvalue weighted by atomic mass is 19.1. The fourth-order valence-corrected chi connectivity index (χ4v) is 7.26. The van der Waals surface area contributed by atoms with Gasteiger partial charge in [0.05, 0.1) is 6.04 Å². The highest BCUT2D eigenvalue weighted by molar-refractivity contribution is 5.53. The van der Waals surface area contributed by atoms with Gasteiger partial charge in [0.1, 0.15) is 29.7 Å². The SMILES string of the molecule is C[C@@H]1Cc2cc(OCc3ccccc3)ccc2C(c2c(F)cc(N3CCC4(CCNCC4)C3)cc2F)N1CC(C)(C)F. The Morgan fingerprint density at radius 2 is 1.69 bits per heavy atom. The van der Waals surface area contributed by atoms with E-state index in [0.29, 0.717) is 24.5 Å². The molecule has 7 heteroatoms. The number of ether oxygens (including phenoxy) is 1. The fourth-order valence-electron chi connectivity index (χ4n) is 7.26. The summed E-state index contributed by atoms with van der Waals surface area (Å²) >= 11 is 0. The smallest absolute Gasteiger partial charge is 0.133 e. The molecule has 2 saturated heterocycles. The maximum Gasteiger partial charge on any atom is 0.133 e. The fraction of sp³-hybridized carbons (Fsp3) is 0.486. The summed E-state index contributed by atoms with van der Waals surface area (Å²) < 4.78 is 53.6. The molecule has 6 rings (SSSR count). The Balaban J connectivity index is 1.33. The molecule has 3 aliphatic rings. The van der Waals surface area contributed by atoms with Gasteiger partial charge in [0, 0.05) is 36.9 Å². The van der Waals surface area contributed by atoms with Gasteiger partial charge in [-0.05, 0) is 106 Å². The number of piperidine rings is 1. The van der Waals surface area contributed by atoms with Gasteiger partial charge in [-0.25, -0.2) is 13.2 Å². The molecule has 3 aromatic rings. The number of alkyl halides is 1. The minimum absolute atomic E-state index is 0.00969. The minimum atomic E-state index is -1.53. The van der Waals surface area contributed by atoms with Gasteiger partial charge >= 0.3 is 0 Å². The standard InChI is InChI=1S/C35H42F3N3O/c1-24-17-26-18-28(42-21-25-7-5-4-6-8-25)9-10-29(26)33(41(24)22-34(2,3)38)32-30(36)19-27(20-31(32)37)40-16-13-35(23-40)11-14-39-15-12-35/h4-10,18-20,24,33,39H,11-17,21-23H2,1-3H3/t24-,33?/m1/s1. The maximum atomic E-state index is 16.2. The minimum Gasteiger partial charge on any atom is -0.489 e. The normalized spacial score (nSPS) is 22.4. The van der Waals surface area contributed by atoms with Crippen LogP contribution in [0.15, 0.2) is 60.7 Å². The average Bonchev–Trinajstić information content (AvgIpc) is 3.36. The van der Waals surface area contributed by atoms with E-state index in [-0.39, 0.29) is 23.6 Å². The van der Waals surface area contributed by atoms with Crippen LogP contribution in [0.5, 0.6) is 5.75 Å². The van der Waals surface area contributed by atoms with Crippen molar-refractivity contribution in [3.63, 3.8) is 0 Å². The van der Waals surface area contributed by atoms with Crippen molar-refractivity contribution in [1.29, 1.82) is 0 Å². The first kappa shape index (κ1) is 29.1. The third kappa shape index (κ3) is 6.04. The summed E-state index contributed by atoms with van der Waals surface area (Å²) in [6.45, 7) is 9.15. The summed E-state index contributed by atoms with van der Waals surface area (Å²) in [5.74, 6) is -0.445. The Hall–Kier alpha value is -3.03. The van der Waals surface area contributed by atoms with Crippen LogP contribution in [0.1, 0.15) is 68.3 Å². The molecule has 3 heterocycles. The molecule has 4 nitrogen and oxygen atoms in total. The molecule has 1 spiro atoms. The van der Waals surface area contributed by atoms with Gasteiger partial charge in [-0.1, -0.05) is 36.4 Å². The molecule has 0 aromatic heterocycles. The lowest BCUT2D eigenvalue weighted by Crippen LogP contribution is -2.48. The summed E-state index contributed by atoms with van der Waals surface area (Å²) in [6.07, 6.45) is 3.86. The van der Waals surface area contributed by atoms with Crippen molar-refractivity contribution in [2.75, 3.05) is 37.6 Å². The summed E-state index contributed by atoms with van der Waals surface area (Å²) in [7, 11) is 0. The zero-order valence-electron chi connectivity index (χ0n) is 24.9. The number of nitrogens with one attached hydrogen (secondary N) is 1. The lowest BCUT2D eigenvalue weighted by Gasteiger charge is -2.44. The largest absolute Gasteiger partial charge is 0.489 e. The van der Waals surface area contributed by atoms with Gasteiger partial charge in [-0.3, -0.25) is 4.90 Å². The molecule has 0 saturated carbocycles. The zero-order valence-corrected chi connectivity index (χ0v) is 24.9. The highest BCUT2D eigenvalue weighted by Gasteiger charge is 2.41. The van der Waals surface area contributed by atoms with E-state index in [1.807, 2.05) is 60.4 Å². The summed E-state index contributed by atoms with van der Waals surface area (Å²) in [4.78, 5) is 4.06. The Labute approximate surface area is 247 Å². The van der Waals surface area contributed by atoms with Crippen molar-refractivity contribution >= 4 is 5.69 Å². The van der Waals surface area contributed by atoms with E-state index < -0.39 is 23.3 Å². The van der Waals surface area contributed by atoms with Crippen molar-refractivity contribution in [2.24, 2.45) is 5.41 Å². The number of benzene rings is 3. The zero-order chi connectivity index (χ0) is 29.5. The second kappa shape index (κ2) is 11.6. The van der Waals surface area contributed by atoms with E-state index in [9.17, 15) is 0 Å². The Bertz CT molecular complexity index is 1380. The number of halogens is 3. The van der Waals surface area contributed by atoms with E-state index in [1.165, 1.54) is 26.0 Å². The van der Waals surface area contributed by atoms with E-state index in [0.717, 1.165) is 62.1 Å². The van der Waals surface area contributed by atoms with Crippen molar-refractivity contribution in [3.05, 3.63) is 94.6 Å². The van der Waals surface area contributed by atoms with Crippen molar-refractivity contribution < 1.29 is 17.9 Å². The first-order valence-electron chi connectivity index (χ1n) is 15.3.